The Morgan fingerprint density at radius 1 is 1.33 bits per heavy atom. The number of nitrogens with zero attached hydrogens (tertiary/aromatic N) is 3. The summed E-state index contributed by atoms with van der Waals surface area (Å²) in [5, 5.41) is 15.9. The van der Waals surface area contributed by atoms with Crippen molar-refractivity contribution in [2.45, 2.75) is 19.4 Å². The molecule has 1 aromatic carbocycles. The van der Waals surface area contributed by atoms with Gasteiger partial charge < -0.3 is 10.2 Å². The lowest BCUT2D eigenvalue weighted by Gasteiger charge is -2.18. The van der Waals surface area contributed by atoms with Crippen LogP contribution in [0.1, 0.15) is 13.3 Å². The molecule has 0 radical (unpaired) electrons. The molecule has 0 amide bonds. The molecule has 1 unspecified atom stereocenters. The first kappa shape index (κ1) is 15.2. The summed E-state index contributed by atoms with van der Waals surface area (Å²) in [4.78, 5) is 16.9. The first-order valence-electron chi connectivity index (χ1n) is 6.91. The van der Waals surface area contributed by atoms with Crippen LogP contribution in [0.4, 0.5) is 11.4 Å². The number of fused-ring (bicyclic) bond motifs is 1. The first-order chi connectivity index (χ1) is 9.99. The standard InChI is InChI=1S/C15H20N4O2/c1-11(7-9-18(2)3)17-14-4-5-15(19(20)21)12-6-8-16-10-13(12)14/h4-6,8,10-11,17H,7,9H2,1-3H3. The Morgan fingerprint density at radius 3 is 2.76 bits per heavy atom. The Morgan fingerprint density at radius 2 is 2.10 bits per heavy atom. The number of nitro groups is 1. The van der Waals surface area contributed by atoms with Crippen molar-refractivity contribution in [2.75, 3.05) is 26.0 Å². The van der Waals surface area contributed by atoms with E-state index in [1.54, 1.807) is 30.6 Å². The molecule has 0 fully saturated rings. The predicted molar refractivity (Wildman–Crippen MR) is 84.7 cm³/mol. The topological polar surface area (TPSA) is 71.3 Å². The van der Waals surface area contributed by atoms with Crippen LogP contribution in [0.3, 0.4) is 0 Å². The van der Waals surface area contributed by atoms with Crippen LogP contribution >= 0.6 is 0 Å². The number of hydrogen-bond acceptors (Lipinski definition) is 5. The van der Waals surface area contributed by atoms with Crippen molar-refractivity contribution in [2.24, 2.45) is 0 Å². The van der Waals surface area contributed by atoms with E-state index < -0.39 is 0 Å². The van der Waals surface area contributed by atoms with Gasteiger partial charge in [-0.1, -0.05) is 0 Å². The molecule has 1 atom stereocenters. The zero-order valence-corrected chi connectivity index (χ0v) is 12.5. The highest BCUT2D eigenvalue weighted by Crippen LogP contribution is 2.31. The van der Waals surface area contributed by atoms with E-state index in [1.807, 2.05) is 14.1 Å². The normalized spacial score (nSPS) is 12.6. The summed E-state index contributed by atoms with van der Waals surface area (Å²) >= 11 is 0. The highest BCUT2D eigenvalue weighted by molar-refractivity contribution is 5.99. The highest BCUT2D eigenvalue weighted by Gasteiger charge is 2.15. The molecule has 6 heteroatoms. The number of benzene rings is 1. The van der Waals surface area contributed by atoms with Crippen molar-refractivity contribution in [1.29, 1.82) is 0 Å². The molecule has 2 aromatic rings. The van der Waals surface area contributed by atoms with E-state index >= 15 is 0 Å². The number of non-ortho nitro benzene ring substituents is 1. The maximum atomic E-state index is 11.1. The second-order valence-corrected chi connectivity index (χ2v) is 5.45. The lowest BCUT2D eigenvalue weighted by Crippen LogP contribution is -2.23. The third-order valence-electron chi connectivity index (χ3n) is 3.40. The summed E-state index contributed by atoms with van der Waals surface area (Å²) in [6.07, 6.45) is 4.24. The Labute approximate surface area is 123 Å². The Kier molecular flexibility index (Phi) is 4.70. The molecule has 2 rings (SSSR count). The van der Waals surface area contributed by atoms with E-state index in [4.69, 9.17) is 0 Å². The summed E-state index contributed by atoms with van der Waals surface area (Å²) in [6.45, 7) is 3.09. The zero-order chi connectivity index (χ0) is 15.4. The molecule has 1 N–H and O–H groups in total. The Hall–Kier alpha value is -2.21. The van der Waals surface area contributed by atoms with Crippen molar-refractivity contribution in [3.8, 4) is 0 Å². The number of nitrogens with one attached hydrogen (secondary N) is 1. The van der Waals surface area contributed by atoms with E-state index in [0.29, 0.717) is 5.39 Å². The van der Waals surface area contributed by atoms with Gasteiger partial charge in [0.2, 0.25) is 0 Å². The fraction of sp³-hybridized carbons (Fsp3) is 0.400. The minimum Gasteiger partial charge on any atom is -0.382 e. The summed E-state index contributed by atoms with van der Waals surface area (Å²) in [5.41, 5.74) is 0.994. The highest BCUT2D eigenvalue weighted by atomic mass is 16.6. The number of nitro benzene ring substituents is 1. The third-order valence-corrected chi connectivity index (χ3v) is 3.40. The van der Waals surface area contributed by atoms with Gasteiger partial charge in [-0.05, 0) is 46.1 Å². The first-order valence-corrected chi connectivity index (χ1v) is 6.91. The molecule has 0 aliphatic heterocycles. The van der Waals surface area contributed by atoms with Gasteiger partial charge in [-0.25, -0.2) is 0 Å². The molecule has 1 heterocycles. The molecule has 6 nitrogen and oxygen atoms in total. The molecule has 1 aromatic heterocycles. The smallest absolute Gasteiger partial charge is 0.277 e. The van der Waals surface area contributed by atoms with E-state index in [9.17, 15) is 10.1 Å². The van der Waals surface area contributed by atoms with Crippen molar-refractivity contribution in [3.05, 3.63) is 40.7 Å². The monoisotopic (exact) mass is 288 g/mol. The third kappa shape index (κ3) is 3.66. The van der Waals surface area contributed by atoms with E-state index in [0.717, 1.165) is 24.0 Å². The van der Waals surface area contributed by atoms with E-state index in [2.05, 4.69) is 22.1 Å². The van der Waals surface area contributed by atoms with Crippen LogP contribution in [-0.2, 0) is 0 Å². The zero-order valence-electron chi connectivity index (χ0n) is 12.5. The molecule has 0 saturated carbocycles. The van der Waals surface area contributed by atoms with Crippen LogP contribution in [-0.4, -0.2) is 41.5 Å². The number of anilines is 1. The summed E-state index contributed by atoms with van der Waals surface area (Å²) in [7, 11) is 4.08. The molecule has 0 spiro atoms. The fourth-order valence-corrected chi connectivity index (χ4v) is 2.25. The summed E-state index contributed by atoms with van der Waals surface area (Å²) in [6, 6.07) is 5.26. The molecular weight excluding hydrogens is 268 g/mol. The van der Waals surface area contributed by atoms with Gasteiger partial charge in [-0.15, -0.1) is 0 Å². The van der Waals surface area contributed by atoms with Gasteiger partial charge in [0.25, 0.3) is 5.69 Å². The van der Waals surface area contributed by atoms with Gasteiger partial charge in [0, 0.05) is 35.6 Å². The minimum absolute atomic E-state index is 0.110. The van der Waals surface area contributed by atoms with Gasteiger partial charge in [0.05, 0.1) is 10.3 Å². The second-order valence-electron chi connectivity index (χ2n) is 5.45. The van der Waals surface area contributed by atoms with E-state index in [1.165, 1.54) is 0 Å². The van der Waals surface area contributed by atoms with Gasteiger partial charge in [0.15, 0.2) is 0 Å². The quantitative estimate of drug-likeness (QED) is 0.653. The number of aromatic nitrogens is 1. The van der Waals surface area contributed by atoms with Gasteiger partial charge in [0.1, 0.15) is 0 Å². The van der Waals surface area contributed by atoms with Crippen LogP contribution < -0.4 is 5.32 Å². The van der Waals surface area contributed by atoms with Gasteiger partial charge >= 0.3 is 0 Å². The second kappa shape index (κ2) is 6.49. The Bertz CT molecular complexity index is 643. The van der Waals surface area contributed by atoms with Crippen molar-refractivity contribution in [3.63, 3.8) is 0 Å². The van der Waals surface area contributed by atoms with Crippen molar-refractivity contribution >= 4 is 22.1 Å². The van der Waals surface area contributed by atoms with Crippen LogP contribution in [0.15, 0.2) is 30.6 Å². The molecule has 21 heavy (non-hydrogen) atoms. The molecule has 0 bridgehead atoms. The Balaban J connectivity index is 2.29. The number of pyridine rings is 1. The van der Waals surface area contributed by atoms with Gasteiger partial charge in [-0.2, -0.15) is 0 Å². The lowest BCUT2D eigenvalue weighted by atomic mass is 10.1. The average molecular weight is 288 g/mol. The van der Waals surface area contributed by atoms with Crippen LogP contribution in [0.5, 0.6) is 0 Å². The lowest BCUT2D eigenvalue weighted by molar-refractivity contribution is -0.383. The van der Waals surface area contributed by atoms with Crippen LogP contribution in [0, 0.1) is 10.1 Å². The fourth-order valence-electron chi connectivity index (χ4n) is 2.25. The minimum atomic E-state index is -0.360. The number of hydrogen-bond donors (Lipinski definition) is 1. The molecule has 112 valence electrons. The van der Waals surface area contributed by atoms with Crippen LogP contribution in [0.25, 0.3) is 10.8 Å². The van der Waals surface area contributed by atoms with Crippen molar-refractivity contribution in [1.82, 2.24) is 9.88 Å². The van der Waals surface area contributed by atoms with Gasteiger partial charge in [-0.3, -0.25) is 15.1 Å². The molecule has 0 saturated heterocycles. The SMILES string of the molecule is CC(CCN(C)C)Nc1ccc([N+](=O)[O-])c2ccncc12. The maximum absolute atomic E-state index is 11.1. The summed E-state index contributed by atoms with van der Waals surface area (Å²) < 4.78 is 0. The van der Waals surface area contributed by atoms with Crippen molar-refractivity contribution < 1.29 is 4.92 Å². The molecule has 0 aliphatic rings. The molecular formula is C15H20N4O2. The van der Waals surface area contributed by atoms with E-state index in [-0.39, 0.29) is 16.7 Å². The predicted octanol–water partition coefficient (Wildman–Crippen LogP) is 2.90. The maximum Gasteiger partial charge on any atom is 0.277 e. The summed E-state index contributed by atoms with van der Waals surface area (Å²) in [5.74, 6) is 0. The average Bonchev–Trinajstić information content (AvgIpc) is 2.45. The van der Waals surface area contributed by atoms with Crippen LogP contribution in [0.2, 0.25) is 0 Å². The largest absolute Gasteiger partial charge is 0.382 e. The molecule has 0 aliphatic carbocycles. The number of rotatable bonds is 6.